The molecule has 0 saturated heterocycles. The molecule has 0 fully saturated rings. The van der Waals surface area contributed by atoms with Crippen LogP contribution in [0.4, 0.5) is 0 Å². The van der Waals surface area contributed by atoms with Crippen LogP contribution in [-0.2, 0) is 16.6 Å². The highest BCUT2D eigenvalue weighted by Gasteiger charge is 2.21. The normalized spacial score (nSPS) is 11.3. The van der Waals surface area contributed by atoms with Crippen molar-refractivity contribution in [3.8, 4) is 0 Å². The van der Waals surface area contributed by atoms with Crippen molar-refractivity contribution >= 4 is 27.5 Å². The summed E-state index contributed by atoms with van der Waals surface area (Å²) in [7, 11) is -2.26. The van der Waals surface area contributed by atoms with E-state index < -0.39 is 10.0 Å². The molecule has 1 aromatic carbocycles. The lowest BCUT2D eigenvalue weighted by atomic mass is 10.3. The van der Waals surface area contributed by atoms with E-state index in [1.54, 1.807) is 6.08 Å². The summed E-state index contributed by atoms with van der Waals surface area (Å²) < 4.78 is 26.1. The molecule has 0 aliphatic heterocycles. The molecular formula is C16H17ClN4O3S. The highest BCUT2D eigenvalue weighted by Crippen LogP contribution is 2.18. The van der Waals surface area contributed by atoms with Gasteiger partial charge in [0.2, 0.25) is 10.0 Å². The molecule has 0 unspecified atom stereocenters. The monoisotopic (exact) mass is 380 g/mol. The van der Waals surface area contributed by atoms with Gasteiger partial charge in [-0.3, -0.25) is 4.79 Å². The molecule has 1 N–H and O–H groups in total. The molecule has 0 spiro atoms. The van der Waals surface area contributed by atoms with Gasteiger partial charge in [0, 0.05) is 31.0 Å². The zero-order valence-electron chi connectivity index (χ0n) is 13.5. The van der Waals surface area contributed by atoms with Gasteiger partial charge < -0.3 is 5.32 Å². The van der Waals surface area contributed by atoms with Crippen molar-refractivity contribution in [3.05, 3.63) is 65.7 Å². The molecule has 0 saturated carbocycles. The van der Waals surface area contributed by atoms with E-state index in [0.29, 0.717) is 11.6 Å². The number of carbonyl (C=O) groups excluding carboxylic acids is 1. The number of hydrogen-bond acceptors (Lipinski definition) is 5. The number of carbonyl (C=O) groups is 1. The van der Waals surface area contributed by atoms with E-state index in [-0.39, 0.29) is 28.7 Å². The van der Waals surface area contributed by atoms with Crippen LogP contribution in [0.1, 0.15) is 16.2 Å². The molecule has 0 radical (unpaired) electrons. The van der Waals surface area contributed by atoms with E-state index in [1.165, 1.54) is 43.7 Å². The van der Waals surface area contributed by atoms with E-state index in [4.69, 9.17) is 11.6 Å². The van der Waals surface area contributed by atoms with Crippen molar-refractivity contribution < 1.29 is 13.2 Å². The van der Waals surface area contributed by atoms with Crippen LogP contribution >= 0.6 is 11.6 Å². The fourth-order valence-corrected chi connectivity index (χ4v) is 3.14. The first kappa shape index (κ1) is 19.0. The molecule has 25 heavy (non-hydrogen) atoms. The third-order valence-corrected chi connectivity index (χ3v) is 5.33. The Morgan fingerprint density at radius 1 is 1.28 bits per heavy atom. The third-order valence-electron chi connectivity index (χ3n) is 3.26. The molecule has 0 atom stereocenters. The van der Waals surface area contributed by atoms with Gasteiger partial charge in [0.25, 0.3) is 5.91 Å². The highest BCUT2D eigenvalue weighted by atomic mass is 35.5. The van der Waals surface area contributed by atoms with E-state index in [1.807, 2.05) is 0 Å². The summed E-state index contributed by atoms with van der Waals surface area (Å²) in [4.78, 5) is 20.0. The van der Waals surface area contributed by atoms with Gasteiger partial charge >= 0.3 is 0 Å². The van der Waals surface area contributed by atoms with Gasteiger partial charge in [-0.05, 0) is 24.3 Å². The lowest BCUT2D eigenvalue weighted by Gasteiger charge is -2.16. The Hall–Kier alpha value is -2.29. The van der Waals surface area contributed by atoms with Crippen LogP contribution in [0.5, 0.6) is 0 Å². The van der Waals surface area contributed by atoms with E-state index >= 15 is 0 Å². The average molecular weight is 381 g/mol. The van der Waals surface area contributed by atoms with E-state index in [9.17, 15) is 13.2 Å². The van der Waals surface area contributed by atoms with Gasteiger partial charge in [0.05, 0.1) is 17.0 Å². The standard InChI is InChI=1S/C16H17ClN4O3S/c1-3-8-18-16(22)12-9-19-15(20-10-12)11-21(2)25(23,24)14-6-4-13(17)5-7-14/h3-7,9-10H,1,8,11H2,2H3,(H,18,22). The SMILES string of the molecule is C=CCNC(=O)c1cnc(CN(C)S(=O)(=O)c2ccc(Cl)cc2)nc1. The third kappa shape index (κ3) is 4.85. The molecule has 0 aliphatic rings. The highest BCUT2D eigenvalue weighted by molar-refractivity contribution is 7.89. The zero-order valence-corrected chi connectivity index (χ0v) is 15.1. The van der Waals surface area contributed by atoms with Gasteiger partial charge in [0.15, 0.2) is 0 Å². The number of benzene rings is 1. The van der Waals surface area contributed by atoms with Crippen molar-refractivity contribution in [2.45, 2.75) is 11.4 Å². The van der Waals surface area contributed by atoms with Gasteiger partial charge in [-0.25, -0.2) is 18.4 Å². The smallest absolute Gasteiger partial charge is 0.254 e. The summed E-state index contributed by atoms with van der Waals surface area (Å²) in [5.74, 6) is -0.0473. The molecule has 7 nitrogen and oxygen atoms in total. The summed E-state index contributed by atoms with van der Waals surface area (Å²) in [5, 5.41) is 3.06. The molecule has 0 aliphatic carbocycles. The summed E-state index contributed by atoms with van der Waals surface area (Å²) in [5.41, 5.74) is 0.286. The van der Waals surface area contributed by atoms with Crippen LogP contribution in [0.15, 0.2) is 54.2 Å². The predicted molar refractivity (Wildman–Crippen MR) is 94.7 cm³/mol. The van der Waals surface area contributed by atoms with E-state index in [0.717, 1.165) is 4.31 Å². The molecule has 1 aromatic heterocycles. The quantitative estimate of drug-likeness (QED) is 0.740. The Bertz CT molecular complexity index is 852. The Kier molecular flexibility index (Phi) is 6.24. The average Bonchev–Trinajstić information content (AvgIpc) is 2.60. The number of nitrogens with zero attached hydrogens (tertiary/aromatic N) is 3. The molecule has 2 aromatic rings. The Labute approximate surface area is 151 Å². The summed E-state index contributed by atoms with van der Waals surface area (Å²) in [6.45, 7) is 3.82. The number of nitrogens with one attached hydrogen (secondary N) is 1. The van der Waals surface area contributed by atoms with Gasteiger partial charge in [-0.2, -0.15) is 4.31 Å². The van der Waals surface area contributed by atoms with Gasteiger partial charge in [-0.15, -0.1) is 6.58 Å². The minimum Gasteiger partial charge on any atom is -0.348 e. The van der Waals surface area contributed by atoms with Crippen molar-refractivity contribution in [3.63, 3.8) is 0 Å². The van der Waals surface area contributed by atoms with Crippen LogP contribution < -0.4 is 5.32 Å². The lowest BCUT2D eigenvalue weighted by molar-refractivity contribution is 0.0957. The Morgan fingerprint density at radius 3 is 2.44 bits per heavy atom. The maximum absolute atomic E-state index is 12.5. The maximum Gasteiger partial charge on any atom is 0.254 e. The second-order valence-corrected chi connectivity index (χ2v) is 7.58. The number of rotatable bonds is 7. The molecular weight excluding hydrogens is 364 g/mol. The minimum absolute atomic E-state index is 0.0283. The first-order valence-electron chi connectivity index (χ1n) is 7.26. The fraction of sp³-hybridized carbons (Fsp3) is 0.188. The number of amides is 1. The predicted octanol–water partition coefficient (Wildman–Crippen LogP) is 1.87. The maximum atomic E-state index is 12.5. The largest absolute Gasteiger partial charge is 0.348 e. The van der Waals surface area contributed by atoms with Crippen LogP contribution in [0.2, 0.25) is 5.02 Å². The van der Waals surface area contributed by atoms with Crippen LogP contribution in [-0.4, -0.2) is 42.2 Å². The second kappa shape index (κ2) is 8.19. The van der Waals surface area contributed by atoms with Gasteiger partial charge in [0.1, 0.15) is 5.82 Å². The van der Waals surface area contributed by atoms with Crippen LogP contribution in [0.3, 0.4) is 0 Å². The molecule has 132 valence electrons. The fourth-order valence-electron chi connectivity index (χ4n) is 1.89. The first-order chi connectivity index (χ1) is 11.8. The van der Waals surface area contributed by atoms with Gasteiger partial charge in [-0.1, -0.05) is 17.7 Å². The molecule has 1 amide bonds. The number of halogens is 1. The minimum atomic E-state index is -3.69. The van der Waals surface area contributed by atoms with Crippen molar-refractivity contribution in [2.75, 3.05) is 13.6 Å². The van der Waals surface area contributed by atoms with Crippen molar-refractivity contribution in [1.82, 2.24) is 19.6 Å². The van der Waals surface area contributed by atoms with Crippen LogP contribution in [0, 0.1) is 0 Å². The number of sulfonamides is 1. The van der Waals surface area contributed by atoms with Crippen LogP contribution in [0.25, 0.3) is 0 Å². The van der Waals surface area contributed by atoms with Crippen molar-refractivity contribution in [2.24, 2.45) is 0 Å². The summed E-state index contributed by atoms with van der Waals surface area (Å²) in [6, 6.07) is 5.88. The van der Waals surface area contributed by atoms with Crippen molar-refractivity contribution in [1.29, 1.82) is 0 Å². The second-order valence-electron chi connectivity index (χ2n) is 5.10. The molecule has 9 heteroatoms. The first-order valence-corrected chi connectivity index (χ1v) is 9.08. The molecule has 0 bridgehead atoms. The summed E-state index contributed by atoms with van der Waals surface area (Å²) in [6.07, 6.45) is 4.26. The van der Waals surface area contributed by atoms with E-state index in [2.05, 4.69) is 21.9 Å². The molecule has 1 heterocycles. The molecule has 2 rings (SSSR count). The number of hydrogen-bond donors (Lipinski definition) is 1. The topological polar surface area (TPSA) is 92.3 Å². The Balaban J connectivity index is 2.09. The lowest BCUT2D eigenvalue weighted by Crippen LogP contribution is -2.28. The Morgan fingerprint density at radius 2 is 1.88 bits per heavy atom. The summed E-state index contributed by atoms with van der Waals surface area (Å²) >= 11 is 5.78. The zero-order chi connectivity index (χ0) is 18.4. The number of aromatic nitrogens is 2.